The van der Waals surface area contributed by atoms with Gasteiger partial charge in [0, 0.05) is 12.8 Å². The molecule has 2 atom stereocenters. The maximum Gasteiger partial charge on any atom is 0.472 e. The van der Waals surface area contributed by atoms with Crippen LogP contribution in [0.3, 0.4) is 0 Å². The summed E-state index contributed by atoms with van der Waals surface area (Å²) in [6.45, 7) is 4.32. The first-order valence-electron chi connectivity index (χ1n) is 33.3. The van der Waals surface area contributed by atoms with E-state index in [0.717, 1.165) is 103 Å². The van der Waals surface area contributed by atoms with Crippen molar-refractivity contribution in [1.29, 1.82) is 0 Å². The van der Waals surface area contributed by atoms with E-state index >= 15 is 0 Å². The van der Waals surface area contributed by atoms with E-state index in [0.29, 0.717) is 17.4 Å². The lowest BCUT2D eigenvalue weighted by Crippen LogP contribution is -2.37. The number of nitrogens with zero attached hydrogens (tertiary/aromatic N) is 1. The molecule has 2 unspecified atom stereocenters. The predicted molar refractivity (Wildman–Crippen MR) is 353 cm³/mol. The fourth-order valence-corrected chi connectivity index (χ4v) is 9.63. The molecule has 0 saturated heterocycles. The summed E-state index contributed by atoms with van der Waals surface area (Å²) in [5.74, 6) is -0.807. The molecule has 0 bridgehead atoms. The second kappa shape index (κ2) is 62.0. The van der Waals surface area contributed by atoms with Crippen molar-refractivity contribution in [2.24, 2.45) is 0 Å². The number of phosphoric acid groups is 1. The van der Waals surface area contributed by atoms with Crippen LogP contribution in [0.1, 0.15) is 271 Å². The largest absolute Gasteiger partial charge is 0.472 e. The number of esters is 2. The summed E-state index contributed by atoms with van der Waals surface area (Å²) >= 11 is 0. The van der Waals surface area contributed by atoms with Gasteiger partial charge in [0.2, 0.25) is 0 Å². The lowest BCUT2D eigenvalue weighted by molar-refractivity contribution is -0.870. The predicted octanol–water partition coefficient (Wildman–Crippen LogP) is 21.5. The third-order valence-electron chi connectivity index (χ3n) is 14.0. The SMILES string of the molecule is CC/C=C\C/C=C\C/C=C\C/C=C\C/C=C\C/C=C\C/C=C\C/C=C\C/C=C\CCCCCCCCCCCC(=O)OC(COC(=O)CCCCCCCCCCC/C=C\CCCCCCCCCC)COP(=O)(O)OCC[N+](C)(C)C. The first-order chi connectivity index (χ1) is 40.0. The van der Waals surface area contributed by atoms with E-state index in [9.17, 15) is 19.0 Å². The van der Waals surface area contributed by atoms with Crippen molar-refractivity contribution in [3.8, 4) is 0 Å². The highest BCUT2D eigenvalue weighted by molar-refractivity contribution is 7.47. The summed E-state index contributed by atoms with van der Waals surface area (Å²) in [4.78, 5) is 35.8. The Kier molecular flexibility index (Phi) is 59.2. The summed E-state index contributed by atoms with van der Waals surface area (Å²) in [5.41, 5.74) is 0. The number of phosphoric ester groups is 1. The van der Waals surface area contributed by atoms with Gasteiger partial charge in [-0.1, -0.05) is 270 Å². The summed E-state index contributed by atoms with van der Waals surface area (Å²) in [7, 11) is 1.46. The molecule has 0 aromatic heterocycles. The number of carbonyl (C=O) groups excluding carboxylic acids is 2. The van der Waals surface area contributed by atoms with Gasteiger partial charge in [-0.2, -0.15) is 0 Å². The van der Waals surface area contributed by atoms with Crippen LogP contribution in [-0.2, 0) is 32.7 Å². The van der Waals surface area contributed by atoms with Crippen molar-refractivity contribution in [3.63, 3.8) is 0 Å². The summed E-state index contributed by atoms with van der Waals surface area (Å²) in [6.07, 6.45) is 88.5. The molecule has 82 heavy (non-hydrogen) atoms. The smallest absolute Gasteiger partial charge is 0.462 e. The highest BCUT2D eigenvalue weighted by Crippen LogP contribution is 2.43. The lowest BCUT2D eigenvalue weighted by atomic mass is 10.1. The number of hydrogen-bond donors (Lipinski definition) is 1. The Morgan fingerprint density at radius 3 is 1.05 bits per heavy atom. The average molecular weight is 1160 g/mol. The number of rotatable bonds is 60. The van der Waals surface area contributed by atoms with E-state index in [1.807, 2.05) is 21.1 Å². The minimum atomic E-state index is -4.40. The van der Waals surface area contributed by atoms with Crippen molar-refractivity contribution < 1.29 is 42.1 Å². The van der Waals surface area contributed by atoms with E-state index in [-0.39, 0.29) is 32.0 Å². The molecule has 0 fully saturated rings. The van der Waals surface area contributed by atoms with Crippen LogP contribution < -0.4 is 0 Å². The first-order valence-corrected chi connectivity index (χ1v) is 34.8. The lowest BCUT2D eigenvalue weighted by Gasteiger charge is -2.24. The Hall–Kier alpha value is -3.59. The quantitative estimate of drug-likeness (QED) is 0.0211. The van der Waals surface area contributed by atoms with Gasteiger partial charge in [-0.25, -0.2) is 4.57 Å². The highest BCUT2D eigenvalue weighted by Gasteiger charge is 2.27. The summed E-state index contributed by atoms with van der Waals surface area (Å²) in [5, 5.41) is 0. The molecule has 0 saturated carbocycles. The molecule has 0 aliphatic rings. The van der Waals surface area contributed by atoms with Crippen molar-refractivity contribution >= 4 is 19.8 Å². The van der Waals surface area contributed by atoms with Crippen LogP contribution in [0, 0.1) is 0 Å². The fraction of sp³-hybridized carbons (Fsp3) is 0.694. The van der Waals surface area contributed by atoms with Gasteiger partial charge >= 0.3 is 19.8 Å². The van der Waals surface area contributed by atoms with Crippen molar-refractivity contribution in [2.45, 2.75) is 277 Å². The van der Waals surface area contributed by atoms with E-state index in [2.05, 4.69) is 135 Å². The number of carbonyl (C=O) groups is 2. The Morgan fingerprint density at radius 2 is 0.695 bits per heavy atom. The van der Waals surface area contributed by atoms with Crippen molar-refractivity contribution in [2.75, 3.05) is 47.5 Å². The zero-order valence-corrected chi connectivity index (χ0v) is 54.3. The monoisotopic (exact) mass is 1160 g/mol. The van der Waals surface area contributed by atoms with E-state index in [4.69, 9.17) is 18.5 Å². The summed E-state index contributed by atoms with van der Waals surface area (Å²) < 4.78 is 34.7. The number of unbranched alkanes of at least 4 members (excludes halogenated alkanes) is 26. The molecule has 0 aliphatic heterocycles. The van der Waals surface area contributed by atoms with Gasteiger partial charge in [0.05, 0.1) is 27.7 Å². The van der Waals surface area contributed by atoms with Gasteiger partial charge in [0.25, 0.3) is 0 Å². The average Bonchev–Trinajstić information content (AvgIpc) is 3.46. The molecule has 9 nitrogen and oxygen atoms in total. The van der Waals surface area contributed by atoms with Gasteiger partial charge in [-0.15, -0.1) is 0 Å². The van der Waals surface area contributed by atoms with E-state index < -0.39 is 26.5 Å². The van der Waals surface area contributed by atoms with Crippen LogP contribution >= 0.6 is 7.82 Å². The van der Waals surface area contributed by atoms with Gasteiger partial charge in [0.1, 0.15) is 19.8 Å². The molecule has 0 aromatic carbocycles. The molecule has 0 aliphatic carbocycles. The number of allylic oxidation sites excluding steroid dienone is 20. The van der Waals surface area contributed by atoms with Crippen LogP contribution in [0.4, 0.5) is 0 Å². The molecule has 1 N–H and O–H groups in total. The molecule has 0 amide bonds. The maximum atomic E-state index is 12.9. The van der Waals surface area contributed by atoms with Gasteiger partial charge in [-0.3, -0.25) is 18.6 Å². The van der Waals surface area contributed by atoms with Gasteiger partial charge in [-0.05, 0) is 109 Å². The third kappa shape index (κ3) is 65.6. The fourth-order valence-electron chi connectivity index (χ4n) is 8.89. The van der Waals surface area contributed by atoms with Gasteiger partial charge in [0.15, 0.2) is 6.10 Å². The molecule has 0 spiro atoms. The Morgan fingerprint density at radius 1 is 0.390 bits per heavy atom. The van der Waals surface area contributed by atoms with Crippen LogP contribution in [0.15, 0.2) is 122 Å². The Bertz CT molecular complexity index is 1800. The van der Waals surface area contributed by atoms with E-state index in [1.54, 1.807) is 0 Å². The molecular formula is C72H125NO8P+. The van der Waals surface area contributed by atoms with Crippen LogP contribution in [-0.4, -0.2) is 74.9 Å². The minimum absolute atomic E-state index is 0.0253. The number of likely N-dealkylation sites (N-methyl/N-ethyl adjacent to an activating group) is 1. The normalized spacial score (nSPS) is 14.0. The van der Waals surface area contributed by atoms with Crippen LogP contribution in [0.5, 0.6) is 0 Å². The Balaban J connectivity index is 4.13. The van der Waals surface area contributed by atoms with Crippen LogP contribution in [0.2, 0.25) is 0 Å². The molecule has 10 heteroatoms. The second-order valence-corrected chi connectivity index (χ2v) is 24.6. The van der Waals surface area contributed by atoms with E-state index in [1.165, 1.54) is 135 Å². The minimum Gasteiger partial charge on any atom is -0.462 e. The zero-order chi connectivity index (χ0) is 59.8. The number of ether oxygens (including phenoxy) is 2. The van der Waals surface area contributed by atoms with Gasteiger partial charge < -0.3 is 18.9 Å². The topological polar surface area (TPSA) is 108 Å². The molecule has 0 aromatic rings. The maximum absolute atomic E-state index is 12.9. The second-order valence-electron chi connectivity index (χ2n) is 23.1. The zero-order valence-electron chi connectivity index (χ0n) is 53.4. The molecular weight excluding hydrogens is 1040 g/mol. The molecule has 0 rings (SSSR count). The molecule has 0 radical (unpaired) electrons. The molecule has 0 heterocycles. The van der Waals surface area contributed by atoms with Crippen LogP contribution in [0.25, 0.3) is 0 Å². The first kappa shape index (κ1) is 78.4. The Labute approximate surface area is 505 Å². The number of hydrogen-bond acceptors (Lipinski definition) is 7. The van der Waals surface area contributed by atoms with Crippen molar-refractivity contribution in [3.05, 3.63) is 122 Å². The van der Waals surface area contributed by atoms with Crippen molar-refractivity contribution in [1.82, 2.24) is 0 Å². The third-order valence-corrected chi connectivity index (χ3v) is 15.0. The highest BCUT2D eigenvalue weighted by atomic mass is 31.2. The summed E-state index contributed by atoms with van der Waals surface area (Å²) in [6, 6.07) is 0. The standard InChI is InChI=1S/C72H124NO8P/c1-6-8-10-12-14-16-18-20-22-24-26-28-29-30-31-32-33-34-35-36-37-38-39-40-41-42-43-45-47-49-51-53-55-57-59-61-63-65-72(75)81-70(69-80-82(76,77)79-67-66-73(3,4)5)68-78-71(74)64-62-60-58-56-54-52-50-48-46-44-27-25-23-21-19-17-15-13-11-9-7-2/h8,10,14,16,20,22,25-28,30-31,33-34,36-37,39-40,42-43,70H,6-7,9,11-13,15,17-19,21,23-24,29,32,35,38,41,44-69H2,1-5H3/p+1/b10-8-,16-14-,22-20-,27-25-,28-26-,31-30-,34-33-,37-36-,40-39-,43-42-. The number of quaternary nitrogens is 1. The molecule has 470 valence electrons.